The van der Waals surface area contributed by atoms with Crippen molar-refractivity contribution >= 4 is 5.97 Å². The fourth-order valence-corrected chi connectivity index (χ4v) is 0.960. The minimum Gasteiger partial charge on any atom is -0.481 e. The molecule has 0 aliphatic carbocycles. The predicted molar refractivity (Wildman–Crippen MR) is 32.6 cm³/mol. The molecule has 1 heterocycles. The molecule has 10 heavy (non-hydrogen) atoms. The van der Waals surface area contributed by atoms with Gasteiger partial charge in [0.2, 0.25) is 0 Å². The van der Waals surface area contributed by atoms with Crippen molar-refractivity contribution in [3.8, 4) is 0 Å². The molecule has 2 N–H and O–H groups in total. The Balaban J connectivity index is 2.57. The molecule has 4 nitrogen and oxygen atoms in total. The minimum atomic E-state index is -1.00. The molecule has 1 fully saturated rings. The van der Waals surface area contributed by atoms with Crippen molar-refractivity contribution in [3.63, 3.8) is 0 Å². The van der Waals surface area contributed by atoms with Gasteiger partial charge in [0.15, 0.2) is 0 Å². The van der Waals surface area contributed by atoms with Crippen LogP contribution in [0.3, 0.4) is 0 Å². The van der Waals surface area contributed by atoms with Crippen molar-refractivity contribution in [1.82, 2.24) is 0 Å². The van der Waals surface area contributed by atoms with Crippen LogP contribution in [-0.2, 0) is 9.53 Å². The molecule has 1 aliphatic rings. The Morgan fingerprint density at radius 1 is 1.90 bits per heavy atom. The maximum absolute atomic E-state index is 10.4. The summed E-state index contributed by atoms with van der Waals surface area (Å²) in [5, 5.41) is 17.2. The van der Waals surface area contributed by atoms with Crippen LogP contribution in [0.4, 0.5) is 0 Å². The van der Waals surface area contributed by atoms with Crippen LogP contribution in [0.2, 0.25) is 0 Å². The van der Waals surface area contributed by atoms with Gasteiger partial charge in [-0.25, -0.2) is 0 Å². The highest BCUT2D eigenvalue weighted by Gasteiger charge is 2.33. The van der Waals surface area contributed by atoms with Gasteiger partial charge in [0.05, 0.1) is 20.0 Å². The molecule has 0 spiro atoms. The van der Waals surface area contributed by atoms with Crippen LogP contribution in [-0.4, -0.2) is 35.5 Å². The highest BCUT2D eigenvalue weighted by molar-refractivity contribution is 5.71. The van der Waals surface area contributed by atoms with E-state index in [0.717, 1.165) is 0 Å². The molecule has 1 aliphatic heterocycles. The van der Waals surface area contributed by atoms with E-state index in [2.05, 4.69) is 0 Å². The van der Waals surface area contributed by atoms with Gasteiger partial charge in [-0.2, -0.15) is 0 Å². The van der Waals surface area contributed by atoms with E-state index in [1.54, 1.807) is 0 Å². The molecule has 0 aromatic carbocycles. The Morgan fingerprint density at radius 2 is 2.60 bits per heavy atom. The first-order chi connectivity index (χ1) is 5.15. The number of aliphatic hydroxyl groups excluding tert-OH is 1. The Hall–Kier alpha value is -0.610. The van der Waals surface area contributed by atoms with E-state index in [1.165, 1.54) is 0 Å². The number of aliphatic hydroxyl groups is 1. The van der Waals surface area contributed by atoms with Gasteiger partial charge in [0, 0.05) is 6.58 Å². The second kappa shape index (κ2) is 2.98. The van der Waals surface area contributed by atoms with E-state index in [1.807, 2.05) is 0 Å². The maximum Gasteiger partial charge on any atom is 0.309 e. The molecule has 0 radical (unpaired) electrons. The summed E-state index contributed by atoms with van der Waals surface area (Å²) in [6.07, 6.45) is -0.532. The van der Waals surface area contributed by atoms with Crippen LogP contribution in [0.15, 0.2) is 0 Å². The molecule has 4 heteroatoms. The Kier molecular flexibility index (Phi) is 1.83. The lowest BCUT2D eigenvalue weighted by molar-refractivity contribution is -0.144. The summed E-state index contributed by atoms with van der Waals surface area (Å²) < 4.78 is 11.9. The van der Waals surface area contributed by atoms with Crippen LogP contribution in [0, 0.1) is 5.92 Å². The minimum absolute atomic E-state index is 0.167. The van der Waals surface area contributed by atoms with Crippen LogP contribution in [0.5, 0.6) is 0 Å². The molecule has 1 saturated heterocycles. The lowest BCUT2D eigenvalue weighted by Gasteiger charge is -2.09. The van der Waals surface area contributed by atoms with Crippen molar-refractivity contribution in [1.29, 1.82) is 0 Å². The first-order valence-corrected chi connectivity index (χ1v) is 3.06. The number of hydrogen-bond donors (Lipinski definition) is 2. The average molecular weight is 148 g/mol. The van der Waals surface area contributed by atoms with Gasteiger partial charge in [0.1, 0.15) is 0 Å². The zero-order chi connectivity index (χ0) is 8.43. The van der Waals surface area contributed by atoms with Crippen LogP contribution < -0.4 is 0 Å². The zero-order valence-electron chi connectivity index (χ0n) is 6.36. The first-order valence-electron chi connectivity index (χ1n) is 3.64. The van der Waals surface area contributed by atoms with E-state index in [-0.39, 0.29) is 13.0 Å². The number of hydrogen-bond acceptors (Lipinski definition) is 3. The van der Waals surface area contributed by atoms with Crippen LogP contribution >= 0.6 is 0 Å². The van der Waals surface area contributed by atoms with E-state index >= 15 is 0 Å². The van der Waals surface area contributed by atoms with E-state index in [0.29, 0.717) is 0 Å². The zero-order valence-corrected chi connectivity index (χ0v) is 5.36. The number of aliphatic carboxylic acids is 1. The molecule has 1 unspecified atom stereocenters. The van der Waals surface area contributed by atoms with Gasteiger partial charge in [-0.15, -0.1) is 0 Å². The first kappa shape index (κ1) is 6.12. The third-order valence-corrected chi connectivity index (χ3v) is 1.57. The summed E-state index contributed by atoms with van der Waals surface area (Å²) in [7, 11) is 0. The van der Waals surface area contributed by atoms with Crippen molar-refractivity contribution in [2.45, 2.75) is 12.5 Å². The quantitative estimate of drug-likeness (QED) is 0.552. The Bertz CT molecular complexity index is 161. The monoisotopic (exact) mass is 148 g/mol. The fraction of sp³-hybridized carbons (Fsp3) is 0.833. The third kappa shape index (κ3) is 1.27. The van der Waals surface area contributed by atoms with Crippen molar-refractivity contribution in [2.75, 3.05) is 13.2 Å². The SMILES string of the molecule is [3H][C@H]1CC(C(=O)O)[C@@H](CO)O1. The molecular weight excluding hydrogens is 136 g/mol. The molecule has 0 aromatic rings. The summed E-state index contributed by atoms with van der Waals surface area (Å²) in [6, 6.07) is 0. The largest absolute Gasteiger partial charge is 0.481 e. The maximum atomic E-state index is 10.4. The normalized spacial score (nSPS) is 41.3. The van der Waals surface area contributed by atoms with Gasteiger partial charge in [-0.05, 0) is 6.42 Å². The summed E-state index contributed by atoms with van der Waals surface area (Å²) in [5.74, 6) is -1.72. The second-order valence-corrected chi connectivity index (χ2v) is 2.20. The summed E-state index contributed by atoms with van der Waals surface area (Å²) in [6.45, 7) is -1.12. The van der Waals surface area contributed by atoms with E-state index in [4.69, 9.17) is 16.3 Å². The predicted octanol–water partition coefficient (Wildman–Crippen LogP) is -0.532. The fourth-order valence-electron chi connectivity index (χ4n) is 0.960. The molecule has 0 saturated carbocycles. The number of rotatable bonds is 2. The average Bonchev–Trinajstić information content (AvgIpc) is 2.30. The van der Waals surface area contributed by atoms with Crippen molar-refractivity contribution in [3.05, 3.63) is 0 Å². The van der Waals surface area contributed by atoms with Gasteiger partial charge in [-0.1, -0.05) is 0 Å². The van der Waals surface area contributed by atoms with Gasteiger partial charge < -0.3 is 14.9 Å². The topological polar surface area (TPSA) is 66.8 Å². The van der Waals surface area contributed by atoms with Gasteiger partial charge >= 0.3 is 5.97 Å². The molecule has 1 rings (SSSR count). The summed E-state index contributed by atoms with van der Waals surface area (Å²) >= 11 is 0. The van der Waals surface area contributed by atoms with Crippen LogP contribution in [0.25, 0.3) is 0 Å². The molecule has 58 valence electrons. The van der Waals surface area contributed by atoms with Gasteiger partial charge in [0.25, 0.3) is 0 Å². The molecule has 3 atom stereocenters. The van der Waals surface area contributed by atoms with Crippen molar-refractivity contribution < 1.29 is 21.1 Å². The van der Waals surface area contributed by atoms with Crippen LogP contribution in [0.1, 0.15) is 7.79 Å². The van der Waals surface area contributed by atoms with E-state index in [9.17, 15) is 4.79 Å². The number of carboxylic acids is 1. The molecule has 0 aromatic heterocycles. The number of carbonyl (C=O) groups is 1. The highest BCUT2D eigenvalue weighted by atomic mass is 16.5. The smallest absolute Gasteiger partial charge is 0.309 e. The summed E-state index contributed by atoms with van der Waals surface area (Å²) in [4.78, 5) is 10.4. The highest BCUT2D eigenvalue weighted by Crippen LogP contribution is 2.20. The van der Waals surface area contributed by atoms with E-state index < -0.39 is 24.6 Å². The Morgan fingerprint density at radius 3 is 3.00 bits per heavy atom. The third-order valence-electron chi connectivity index (χ3n) is 1.57. The Labute approximate surface area is 59.8 Å². The van der Waals surface area contributed by atoms with Crippen molar-refractivity contribution in [2.24, 2.45) is 5.92 Å². The standard InChI is InChI=1S/C6H10O4/c7-3-5-4(6(8)9)1-2-10-5/h4-5,7H,1-3H2,(H,8,9)/t4?,5-/m1/s1/i2T/t2-,4?,5+/m0. The number of carboxylic acid groups (broad SMARTS) is 1. The lowest BCUT2D eigenvalue weighted by Crippen LogP contribution is -2.26. The summed E-state index contributed by atoms with van der Waals surface area (Å²) in [5.41, 5.74) is 0. The van der Waals surface area contributed by atoms with Gasteiger partial charge in [-0.3, -0.25) is 4.79 Å². The molecule has 0 amide bonds. The lowest BCUT2D eigenvalue weighted by atomic mass is 10.0. The number of ether oxygens (including phenoxy) is 1. The molecular formula is C6H10O4. The second-order valence-electron chi connectivity index (χ2n) is 2.20. The molecule has 0 bridgehead atoms.